The molecule has 0 aliphatic carbocycles. The molecule has 2 fully saturated rings. The number of alkyl halides is 1. The fourth-order valence-corrected chi connectivity index (χ4v) is 5.44. The van der Waals surface area contributed by atoms with E-state index in [0.29, 0.717) is 43.4 Å². The quantitative estimate of drug-likeness (QED) is 0.669. The maximum Gasteiger partial charge on any atom is 0.232 e. The summed E-state index contributed by atoms with van der Waals surface area (Å²) in [7, 11) is 0. The predicted molar refractivity (Wildman–Crippen MR) is 122 cm³/mol. The van der Waals surface area contributed by atoms with Gasteiger partial charge in [0.05, 0.1) is 17.6 Å². The Labute approximate surface area is 192 Å². The van der Waals surface area contributed by atoms with E-state index >= 15 is 0 Å². The summed E-state index contributed by atoms with van der Waals surface area (Å²) < 4.78 is 5.62. The highest BCUT2D eigenvalue weighted by atomic mass is 35.5. The van der Waals surface area contributed by atoms with Crippen LogP contribution in [-0.4, -0.2) is 38.1 Å². The van der Waals surface area contributed by atoms with Crippen molar-refractivity contribution in [1.29, 1.82) is 5.26 Å². The van der Waals surface area contributed by atoms with Crippen molar-refractivity contribution in [3.05, 3.63) is 59.2 Å². The van der Waals surface area contributed by atoms with Crippen molar-refractivity contribution in [2.24, 2.45) is 5.92 Å². The van der Waals surface area contributed by atoms with E-state index in [-0.39, 0.29) is 23.7 Å². The lowest BCUT2D eigenvalue weighted by Gasteiger charge is -2.34. The van der Waals surface area contributed by atoms with E-state index in [9.17, 15) is 14.9 Å². The SMILES string of the molecule is N#Cc1cccc(N2CC(C(=O)N3CC4(CCOCC4)c4cc(CCl)ccc43)CC2=O)c1. The van der Waals surface area contributed by atoms with Crippen molar-refractivity contribution in [2.75, 3.05) is 36.1 Å². The maximum absolute atomic E-state index is 13.7. The lowest BCUT2D eigenvalue weighted by Crippen LogP contribution is -2.43. The molecular weight excluding hydrogens is 426 g/mol. The molecule has 0 saturated carbocycles. The third-order valence-corrected chi connectivity index (χ3v) is 7.32. The van der Waals surface area contributed by atoms with Crippen LogP contribution in [0.1, 0.15) is 36.0 Å². The first-order chi connectivity index (χ1) is 15.5. The minimum Gasteiger partial charge on any atom is -0.381 e. The van der Waals surface area contributed by atoms with Gasteiger partial charge in [-0.3, -0.25) is 9.59 Å². The Morgan fingerprint density at radius 1 is 1.22 bits per heavy atom. The second-order valence-corrected chi connectivity index (χ2v) is 9.14. The minimum atomic E-state index is -0.413. The summed E-state index contributed by atoms with van der Waals surface area (Å²) in [5.41, 5.74) is 4.20. The van der Waals surface area contributed by atoms with E-state index in [1.165, 1.54) is 5.56 Å². The van der Waals surface area contributed by atoms with Crippen LogP contribution in [0.5, 0.6) is 0 Å². The maximum atomic E-state index is 13.7. The summed E-state index contributed by atoms with van der Waals surface area (Å²) in [6.07, 6.45) is 1.91. The van der Waals surface area contributed by atoms with E-state index in [4.69, 9.17) is 16.3 Å². The molecular formula is C25H24ClN3O3. The molecule has 1 spiro atoms. The van der Waals surface area contributed by atoms with E-state index < -0.39 is 5.92 Å². The summed E-state index contributed by atoms with van der Waals surface area (Å²) in [5, 5.41) is 9.17. The lowest BCUT2D eigenvalue weighted by molar-refractivity contribution is -0.124. The summed E-state index contributed by atoms with van der Waals surface area (Å²) in [4.78, 5) is 30.0. The Bertz CT molecular complexity index is 1120. The molecule has 1 atom stereocenters. The van der Waals surface area contributed by atoms with Gasteiger partial charge in [-0.25, -0.2) is 0 Å². The Balaban J connectivity index is 1.42. The molecule has 2 aromatic carbocycles. The number of fused-ring (bicyclic) bond motifs is 2. The zero-order valence-electron chi connectivity index (χ0n) is 17.7. The van der Waals surface area contributed by atoms with Crippen molar-refractivity contribution in [1.82, 2.24) is 0 Å². The standard InChI is InChI=1S/C25H24ClN3O3/c26-13-17-4-5-22-21(11-17)25(6-8-32-9-7-25)16-29(22)24(31)19-12-23(30)28(15-19)20-3-1-2-18(10-20)14-27/h1-5,10-11,19H,6-9,12-13,15-16H2. The molecule has 164 valence electrons. The number of amides is 2. The molecule has 2 saturated heterocycles. The summed E-state index contributed by atoms with van der Waals surface area (Å²) >= 11 is 6.10. The number of ether oxygens (including phenoxy) is 1. The number of anilines is 2. The summed E-state index contributed by atoms with van der Waals surface area (Å²) in [5.74, 6) is -0.0813. The van der Waals surface area contributed by atoms with Gasteiger partial charge in [-0.15, -0.1) is 11.6 Å². The van der Waals surface area contributed by atoms with Crippen LogP contribution >= 0.6 is 11.6 Å². The van der Waals surface area contributed by atoms with Crippen molar-refractivity contribution in [3.63, 3.8) is 0 Å². The van der Waals surface area contributed by atoms with Gasteiger partial charge in [0.25, 0.3) is 0 Å². The molecule has 3 aliphatic rings. The van der Waals surface area contributed by atoms with Gasteiger partial charge in [-0.1, -0.05) is 18.2 Å². The van der Waals surface area contributed by atoms with Crippen LogP contribution in [0.4, 0.5) is 11.4 Å². The minimum absolute atomic E-state index is 0.0134. The molecule has 0 N–H and O–H groups in total. The Morgan fingerprint density at radius 2 is 2.03 bits per heavy atom. The number of carbonyl (C=O) groups is 2. The van der Waals surface area contributed by atoms with Crippen molar-refractivity contribution >= 4 is 34.8 Å². The second-order valence-electron chi connectivity index (χ2n) is 8.87. The third-order valence-electron chi connectivity index (χ3n) is 7.02. The van der Waals surface area contributed by atoms with Crippen LogP contribution in [0.2, 0.25) is 0 Å². The molecule has 2 amide bonds. The average molecular weight is 450 g/mol. The van der Waals surface area contributed by atoms with Crippen LogP contribution < -0.4 is 9.80 Å². The average Bonchev–Trinajstić information content (AvgIpc) is 3.37. The largest absolute Gasteiger partial charge is 0.381 e. The highest BCUT2D eigenvalue weighted by Crippen LogP contribution is 2.48. The monoisotopic (exact) mass is 449 g/mol. The summed E-state index contributed by atoms with van der Waals surface area (Å²) in [6.45, 7) is 2.30. The van der Waals surface area contributed by atoms with Gasteiger partial charge in [-0.05, 0) is 48.2 Å². The molecule has 0 bridgehead atoms. The van der Waals surface area contributed by atoms with Gasteiger partial charge in [0.15, 0.2) is 0 Å². The molecule has 2 aromatic rings. The first-order valence-corrected chi connectivity index (χ1v) is 11.5. The van der Waals surface area contributed by atoms with E-state index in [1.54, 1.807) is 23.1 Å². The molecule has 1 unspecified atom stereocenters. The van der Waals surface area contributed by atoms with Crippen LogP contribution in [0, 0.1) is 17.2 Å². The van der Waals surface area contributed by atoms with Gasteiger partial charge >= 0.3 is 0 Å². The van der Waals surface area contributed by atoms with Crippen molar-refractivity contribution in [3.8, 4) is 6.07 Å². The normalized spacial score (nSPS) is 21.6. The first-order valence-electron chi connectivity index (χ1n) is 10.9. The molecule has 3 heterocycles. The Hall–Kier alpha value is -2.88. The van der Waals surface area contributed by atoms with Gasteiger partial charge in [0.1, 0.15) is 0 Å². The number of rotatable bonds is 3. The van der Waals surface area contributed by atoms with Gasteiger partial charge in [-0.2, -0.15) is 5.26 Å². The predicted octanol–water partition coefficient (Wildman–Crippen LogP) is 3.74. The van der Waals surface area contributed by atoms with E-state index in [0.717, 1.165) is 24.1 Å². The van der Waals surface area contributed by atoms with Crippen molar-refractivity contribution < 1.29 is 14.3 Å². The van der Waals surface area contributed by atoms with Gasteiger partial charge in [0, 0.05) is 55.4 Å². The van der Waals surface area contributed by atoms with Crippen LogP contribution in [0.25, 0.3) is 0 Å². The number of nitrogens with zero attached hydrogens (tertiary/aromatic N) is 3. The van der Waals surface area contributed by atoms with E-state index in [2.05, 4.69) is 12.1 Å². The first kappa shape index (κ1) is 21.0. The van der Waals surface area contributed by atoms with E-state index in [1.807, 2.05) is 23.1 Å². The highest BCUT2D eigenvalue weighted by Gasteiger charge is 2.48. The molecule has 0 radical (unpaired) electrons. The zero-order valence-corrected chi connectivity index (χ0v) is 18.5. The number of benzene rings is 2. The fourth-order valence-electron chi connectivity index (χ4n) is 5.27. The molecule has 6 nitrogen and oxygen atoms in total. The number of hydrogen-bond donors (Lipinski definition) is 0. The Kier molecular flexibility index (Phi) is 5.40. The molecule has 32 heavy (non-hydrogen) atoms. The van der Waals surface area contributed by atoms with Gasteiger partial charge in [0.2, 0.25) is 11.8 Å². The smallest absolute Gasteiger partial charge is 0.232 e. The number of carbonyl (C=O) groups excluding carboxylic acids is 2. The molecule has 7 heteroatoms. The highest BCUT2D eigenvalue weighted by molar-refractivity contribution is 6.17. The topological polar surface area (TPSA) is 73.6 Å². The van der Waals surface area contributed by atoms with Crippen LogP contribution in [0.3, 0.4) is 0 Å². The lowest BCUT2D eigenvalue weighted by atomic mass is 9.75. The fraction of sp³-hybridized carbons (Fsp3) is 0.400. The third kappa shape index (κ3) is 3.46. The summed E-state index contributed by atoms with van der Waals surface area (Å²) in [6, 6.07) is 15.2. The number of halogens is 1. The van der Waals surface area contributed by atoms with Gasteiger partial charge < -0.3 is 14.5 Å². The molecule has 5 rings (SSSR count). The number of nitriles is 1. The van der Waals surface area contributed by atoms with Crippen molar-refractivity contribution in [2.45, 2.75) is 30.6 Å². The molecule has 0 aromatic heterocycles. The van der Waals surface area contributed by atoms with Crippen LogP contribution in [0.15, 0.2) is 42.5 Å². The molecule has 3 aliphatic heterocycles. The number of hydrogen-bond acceptors (Lipinski definition) is 4. The second kappa shape index (κ2) is 8.23. The van der Waals surface area contributed by atoms with Crippen LogP contribution in [-0.2, 0) is 25.6 Å². The zero-order chi connectivity index (χ0) is 22.3. The Morgan fingerprint density at radius 3 is 2.78 bits per heavy atom.